The van der Waals surface area contributed by atoms with Crippen LogP contribution in [0.4, 0.5) is 4.39 Å². The first-order valence-electron chi connectivity index (χ1n) is 8.34. The third-order valence-corrected chi connectivity index (χ3v) is 4.21. The van der Waals surface area contributed by atoms with Gasteiger partial charge in [0, 0.05) is 6.42 Å². The van der Waals surface area contributed by atoms with Crippen LogP contribution in [-0.2, 0) is 9.57 Å². The Hall–Kier alpha value is -3.09. The second-order valence-corrected chi connectivity index (χ2v) is 6.41. The van der Waals surface area contributed by atoms with Crippen molar-refractivity contribution in [3.05, 3.63) is 59.4 Å². The summed E-state index contributed by atoms with van der Waals surface area (Å²) in [6, 6.07) is 10.9. The van der Waals surface area contributed by atoms with Crippen LogP contribution in [0.1, 0.15) is 29.3 Å². The summed E-state index contributed by atoms with van der Waals surface area (Å²) in [5, 5.41) is 4.11. The molecule has 1 atom stereocenters. The maximum Gasteiger partial charge on any atom is 0.337 e. The number of nitrogens with zero attached hydrogens (tertiary/aromatic N) is 1. The lowest BCUT2D eigenvalue weighted by Gasteiger charge is -2.22. The van der Waals surface area contributed by atoms with Gasteiger partial charge in [0.25, 0.3) is 0 Å². The molecule has 3 rings (SSSR count). The zero-order chi connectivity index (χ0) is 19.4. The highest BCUT2D eigenvalue weighted by atomic mass is 19.1. The van der Waals surface area contributed by atoms with Crippen LogP contribution >= 0.6 is 0 Å². The molecule has 0 bridgehead atoms. The van der Waals surface area contributed by atoms with E-state index in [1.807, 2.05) is 6.92 Å². The highest BCUT2D eigenvalue weighted by Gasteiger charge is 2.36. The summed E-state index contributed by atoms with van der Waals surface area (Å²) in [7, 11) is 2.83. The molecule has 0 aliphatic carbocycles. The molecule has 2 aromatic carbocycles. The average molecular weight is 373 g/mol. The van der Waals surface area contributed by atoms with E-state index in [9.17, 15) is 9.18 Å². The van der Waals surface area contributed by atoms with Crippen molar-refractivity contribution in [1.29, 1.82) is 0 Å². The zero-order valence-electron chi connectivity index (χ0n) is 15.3. The third-order valence-electron chi connectivity index (χ3n) is 4.21. The summed E-state index contributed by atoms with van der Waals surface area (Å²) in [6.45, 7) is 2.05. The van der Waals surface area contributed by atoms with Crippen molar-refractivity contribution in [2.24, 2.45) is 5.16 Å². The van der Waals surface area contributed by atoms with Gasteiger partial charge >= 0.3 is 5.97 Å². The van der Waals surface area contributed by atoms with E-state index in [0.717, 1.165) is 11.3 Å². The molecule has 0 N–H and O–H groups in total. The number of benzene rings is 2. The monoisotopic (exact) mass is 373 g/mol. The topological polar surface area (TPSA) is 66.4 Å². The minimum absolute atomic E-state index is 0.183. The molecule has 0 aromatic heterocycles. The lowest BCUT2D eigenvalue weighted by molar-refractivity contribution is -0.0361. The number of hydrogen-bond donors (Lipinski definition) is 0. The fraction of sp³-hybridized carbons (Fsp3) is 0.300. The fourth-order valence-corrected chi connectivity index (χ4v) is 2.72. The van der Waals surface area contributed by atoms with Crippen molar-refractivity contribution < 1.29 is 28.2 Å². The van der Waals surface area contributed by atoms with E-state index in [2.05, 4.69) is 5.16 Å². The Kier molecular flexibility index (Phi) is 5.30. The molecule has 7 heteroatoms. The summed E-state index contributed by atoms with van der Waals surface area (Å²) in [6.07, 6.45) is 0.498. The smallest absolute Gasteiger partial charge is 0.337 e. The van der Waals surface area contributed by atoms with Crippen molar-refractivity contribution >= 4 is 11.7 Å². The largest absolute Gasteiger partial charge is 0.493 e. The Labute approximate surface area is 156 Å². The highest BCUT2D eigenvalue weighted by Crippen LogP contribution is 2.32. The second-order valence-electron chi connectivity index (χ2n) is 6.41. The molecule has 0 amide bonds. The Balaban J connectivity index is 1.70. The number of ether oxygens (including phenoxy) is 3. The number of oxime groups is 1. The SMILES string of the molecule is COC(=O)c1ccc(OC)c(OCC2(C)CC(c3ccc(F)cc3)=NO2)c1. The zero-order valence-corrected chi connectivity index (χ0v) is 15.3. The standard InChI is InChI=1S/C20H20FNO5/c1-20(11-16(22-27-20)13-4-7-15(21)8-5-13)12-26-18-10-14(19(23)25-3)6-9-17(18)24-2/h4-10H,11-12H2,1-3H3. The molecule has 1 aliphatic rings. The van der Waals surface area contributed by atoms with Crippen molar-refractivity contribution in [3.63, 3.8) is 0 Å². The predicted molar refractivity (Wildman–Crippen MR) is 96.9 cm³/mol. The van der Waals surface area contributed by atoms with E-state index in [1.165, 1.54) is 26.4 Å². The maximum atomic E-state index is 13.1. The molecular weight excluding hydrogens is 353 g/mol. The van der Waals surface area contributed by atoms with Crippen LogP contribution in [-0.4, -0.2) is 38.1 Å². The number of methoxy groups -OCH3 is 2. The van der Waals surface area contributed by atoms with E-state index < -0.39 is 11.6 Å². The molecule has 0 spiro atoms. The Morgan fingerprint density at radius 2 is 1.93 bits per heavy atom. The van der Waals surface area contributed by atoms with Crippen LogP contribution in [0.5, 0.6) is 11.5 Å². The lowest BCUT2D eigenvalue weighted by atomic mass is 9.97. The van der Waals surface area contributed by atoms with Crippen molar-refractivity contribution in [2.75, 3.05) is 20.8 Å². The first kappa shape index (κ1) is 18.7. The molecule has 2 aromatic rings. The van der Waals surface area contributed by atoms with Crippen molar-refractivity contribution in [1.82, 2.24) is 0 Å². The minimum atomic E-state index is -0.698. The number of carbonyl (C=O) groups excluding carboxylic acids is 1. The Bertz CT molecular complexity index is 865. The molecule has 1 unspecified atom stereocenters. The number of halogens is 1. The van der Waals surface area contributed by atoms with E-state index >= 15 is 0 Å². The van der Waals surface area contributed by atoms with E-state index in [0.29, 0.717) is 23.5 Å². The quantitative estimate of drug-likeness (QED) is 0.724. The summed E-state index contributed by atoms with van der Waals surface area (Å²) >= 11 is 0. The number of esters is 1. The minimum Gasteiger partial charge on any atom is -0.493 e. The van der Waals surface area contributed by atoms with Gasteiger partial charge in [0.15, 0.2) is 17.1 Å². The maximum absolute atomic E-state index is 13.1. The first-order chi connectivity index (χ1) is 12.9. The molecule has 0 saturated carbocycles. The normalized spacial score (nSPS) is 18.4. The number of hydrogen-bond acceptors (Lipinski definition) is 6. The number of rotatable bonds is 6. The van der Waals surface area contributed by atoms with Gasteiger partial charge in [0.2, 0.25) is 0 Å². The highest BCUT2D eigenvalue weighted by molar-refractivity contribution is 6.01. The van der Waals surface area contributed by atoms with Gasteiger partial charge in [0.05, 0.1) is 25.5 Å². The van der Waals surface area contributed by atoms with Crippen molar-refractivity contribution in [2.45, 2.75) is 18.9 Å². The van der Waals surface area contributed by atoms with Crippen LogP contribution in [0.25, 0.3) is 0 Å². The van der Waals surface area contributed by atoms with E-state index in [4.69, 9.17) is 19.0 Å². The molecular formula is C20H20FNO5. The van der Waals surface area contributed by atoms with Gasteiger partial charge in [-0.05, 0) is 42.8 Å². The van der Waals surface area contributed by atoms with Gasteiger partial charge in [0.1, 0.15) is 12.4 Å². The molecule has 142 valence electrons. The second kappa shape index (κ2) is 7.65. The molecule has 1 aliphatic heterocycles. The molecule has 0 radical (unpaired) electrons. The molecule has 0 saturated heterocycles. The van der Waals surface area contributed by atoms with Gasteiger partial charge < -0.3 is 19.0 Å². The number of carbonyl (C=O) groups is 1. The first-order valence-corrected chi connectivity index (χ1v) is 8.34. The Morgan fingerprint density at radius 1 is 1.19 bits per heavy atom. The van der Waals surface area contributed by atoms with Crippen LogP contribution in [0.2, 0.25) is 0 Å². The predicted octanol–water partition coefficient (Wildman–Crippen LogP) is 3.58. The molecule has 6 nitrogen and oxygen atoms in total. The van der Waals surface area contributed by atoms with Gasteiger partial charge in [-0.3, -0.25) is 0 Å². The third kappa shape index (κ3) is 4.19. The van der Waals surface area contributed by atoms with Gasteiger partial charge in [-0.15, -0.1) is 0 Å². The summed E-state index contributed by atoms with van der Waals surface area (Å²) in [5.41, 5.74) is 1.17. The lowest BCUT2D eigenvalue weighted by Crippen LogP contribution is -2.33. The summed E-state index contributed by atoms with van der Waals surface area (Å²) < 4.78 is 29.0. The Morgan fingerprint density at radius 3 is 2.59 bits per heavy atom. The van der Waals surface area contributed by atoms with E-state index in [1.54, 1.807) is 30.3 Å². The van der Waals surface area contributed by atoms with Crippen LogP contribution < -0.4 is 9.47 Å². The van der Waals surface area contributed by atoms with E-state index in [-0.39, 0.29) is 12.4 Å². The van der Waals surface area contributed by atoms with Crippen LogP contribution in [0, 0.1) is 5.82 Å². The summed E-state index contributed by atoms with van der Waals surface area (Å²) in [5.74, 6) is 0.124. The van der Waals surface area contributed by atoms with Gasteiger partial charge in [-0.25, -0.2) is 9.18 Å². The van der Waals surface area contributed by atoms with Crippen molar-refractivity contribution in [3.8, 4) is 11.5 Å². The van der Waals surface area contributed by atoms with Gasteiger partial charge in [-0.1, -0.05) is 17.3 Å². The van der Waals surface area contributed by atoms with Crippen LogP contribution in [0.15, 0.2) is 47.6 Å². The average Bonchev–Trinajstić information content (AvgIpc) is 3.08. The fourth-order valence-electron chi connectivity index (χ4n) is 2.72. The molecule has 27 heavy (non-hydrogen) atoms. The summed E-state index contributed by atoms with van der Waals surface area (Å²) in [4.78, 5) is 17.3. The molecule has 1 heterocycles. The van der Waals surface area contributed by atoms with Crippen LogP contribution in [0.3, 0.4) is 0 Å². The van der Waals surface area contributed by atoms with Gasteiger partial charge in [-0.2, -0.15) is 0 Å². The molecule has 0 fully saturated rings.